The molecule has 1 amide bonds. The number of halogens is 2. The number of aliphatic hydroxyl groups excluding tert-OH is 1. The summed E-state index contributed by atoms with van der Waals surface area (Å²) in [6.45, 7) is 0.269. The molecule has 8 heteroatoms. The summed E-state index contributed by atoms with van der Waals surface area (Å²) in [6, 6.07) is 9.38. The van der Waals surface area contributed by atoms with Crippen LogP contribution < -0.4 is 4.90 Å². The lowest BCUT2D eigenvalue weighted by atomic mass is 9.96. The van der Waals surface area contributed by atoms with Gasteiger partial charge in [-0.15, -0.1) is 0 Å². The van der Waals surface area contributed by atoms with E-state index >= 15 is 0 Å². The summed E-state index contributed by atoms with van der Waals surface area (Å²) in [6.07, 6.45) is 5.94. The number of carbonyl (C=O) groups is 1. The number of aliphatic hydroxyl groups is 1. The fraction of sp³-hybridized carbons (Fsp3) is 0.261. The second kappa shape index (κ2) is 8.83. The second-order valence-electron chi connectivity index (χ2n) is 7.63. The summed E-state index contributed by atoms with van der Waals surface area (Å²) in [5, 5.41) is 10.9. The molecular weight excluding hydrogens is 435 g/mol. The van der Waals surface area contributed by atoms with E-state index in [9.17, 15) is 9.90 Å². The molecule has 6 nitrogen and oxygen atoms in total. The van der Waals surface area contributed by atoms with Gasteiger partial charge >= 0.3 is 0 Å². The zero-order valence-corrected chi connectivity index (χ0v) is 18.7. The van der Waals surface area contributed by atoms with Crippen LogP contribution in [0.5, 0.6) is 0 Å². The minimum Gasteiger partial charge on any atom is -0.374 e. The third kappa shape index (κ3) is 4.24. The van der Waals surface area contributed by atoms with Crippen molar-refractivity contribution < 1.29 is 9.90 Å². The van der Waals surface area contributed by atoms with E-state index in [1.165, 1.54) is 11.1 Å². The molecule has 3 aromatic rings. The number of amides is 1. The quantitative estimate of drug-likeness (QED) is 0.628. The number of anilines is 1. The van der Waals surface area contributed by atoms with Gasteiger partial charge in [-0.2, -0.15) is 0 Å². The van der Waals surface area contributed by atoms with E-state index in [1.54, 1.807) is 31.6 Å². The molecule has 0 spiro atoms. The van der Waals surface area contributed by atoms with Crippen LogP contribution >= 0.6 is 23.2 Å². The lowest BCUT2D eigenvalue weighted by Crippen LogP contribution is -2.35. The molecule has 3 heterocycles. The third-order valence-electron chi connectivity index (χ3n) is 5.56. The highest BCUT2D eigenvalue weighted by Gasteiger charge is 2.23. The smallest absolute Gasteiger partial charge is 0.274 e. The van der Waals surface area contributed by atoms with Crippen molar-refractivity contribution >= 4 is 34.8 Å². The molecule has 0 saturated carbocycles. The van der Waals surface area contributed by atoms with E-state index in [2.05, 4.69) is 16.0 Å². The van der Waals surface area contributed by atoms with Crippen molar-refractivity contribution in [3.05, 3.63) is 75.8 Å². The zero-order chi connectivity index (χ0) is 22.1. The number of hydrogen-bond acceptors (Lipinski definition) is 5. The molecule has 0 bridgehead atoms. The van der Waals surface area contributed by atoms with Crippen LogP contribution in [0.25, 0.3) is 11.1 Å². The maximum atomic E-state index is 12.7. The SMILES string of the molecule is CN(Cc1cncc(-c2ccc3c(c2)CCC(O)N3C)c1Cl)C(=O)c1ncccc1Cl. The molecule has 1 atom stereocenters. The number of pyridine rings is 2. The number of aromatic nitrogens is 2. The molecule has 1 aromatic carbocycles. The number of carbonyl (C=O) groups excluding carboxylic acids is 1. The van der Waals surface area contributed by atoms with Gasteiger partial charge in [0.2, 0.25) is 0 Å². The van der Waals surface area contributed by atoms with Crippen molar-refractivity contribution in [1.82, 2.24) is 14.9 Å². The highest BCUT2D eigenvalue weighted by molar-refractivity contribution is 6.34. The molecule has 1 unspecified atom stereocenters. The third-order valence-corrected chi connectivity index (χ3v) is 6.31. The van der Waals surface area contributed by atoms with E-state index in [-0.39, 0.29) is 18.1 Å². The molecule has 0 saturated heterocycles. The first-order chi connectivity index (χ1) is 14.9. The molecule has 1 aliphatic rings. The van der Waals surface area contributed by atoms with Crippen molar-refractivity contribution in [2.45, 2.75) is 25.6 Å². The van der Waals surface area contributed by atoms with Crippen LogP contribution in [-0.4, -0.2) is 46.2 Å². The fourth-order valence-corrected chi connectivity index (χ4v) is 4.26. The Hall–Kier alpha value is -2.67. The van der Waals surface area contributed by atoms with Crippen LogP contribution in [-0.2, 0) is 13.0 Å². The molecular formula is C23H22Cl2N4O2. The molecule has 0 radical (unpaired) electrons. The van der Waals surface area contributed by atoms with Crippen molar-refractivity contribution in [3.8, 4) is 11.1 Å². The van der Waals surface area contributed by atoms with Gasteiger partial charge in [0.05, 0.1) is 10.0 Å². The number of hydrogen-bond donors (Lipinski definition) is 1. The summed E-state index contributed by atoms with van der Waals surface area (Å²) < 4.78 is 0. The number of nitrogens with zero attached hydrogens (tertiary/aromatic N) is 4. The van der Waals surface area contributed by atoms with Gasteiger partial charge in [-0.1, -0.05) is 29.3 Å². The zero-order valence-electron chi connectivity index (χ0n) is 17.2. The van der Waals surface area contributed by atoms with Gasteiger partial charge < -0.3 is 14.9 Å². The van der Waals surface area contributed by atoms with Gasteiger partial charge in [0.25, 0.3) is 5.91 Å². The van der Waals surface area contributed by atoms with Crippen molar-refractivity contribution in [3.63, 3.8) is 0 Å². The molecule has 0 aliphatic carbocycles. The maximum Gasteiger partial charge on any atom is 0.274 e. The predicted octanol–water partition coefficient (Wildman–Crippen LogP) is 4.42. The Balaban J connectivity index is 1.61. The average molecular weight is 457 g/mol. The van der Waals surface area contributed by atoms with Crippen molar-refractivity contribution in [2.24, 2.45) is 0 Å². The number of aryl methyl sites for hydroxylation is 1. The second-order valence-corrected chi connectivity index (χ2v) is 8.41. The Morgan fingerprint density at radius 1 is 1.29 bits per heavy atom. The minimum atomic E-state index is -0.465. The molecule has 160 valence electrons. The van der Waals surface area contributed by atoms with Gasteiger partial charge in [-0.25, -0.2) is 4.98 Å². The van der Waals surface area contributed by atoms with E-state index < -0.39 is 6.23 Å². The molecule has 1 aliphatic heterocycles. The Labute approximate surface area is 191 Å². The highest BCUT2D eigenvalue weighted by Crippen LogP contribution is 2.36. The lowest BCUT2D eigenvalue weighted by molar-refractivity contribution is 0.0779. The monoisotopic (exact) mass is 456 g/mol. The Morgan fingerprint density at radius 3 is 2.87 bits per heavy atom. The first-order valence-corrected chi connectivity index (χ1v) is 10.6. The summed E-state index contributed by atoms with van der Waals surface area (Å²) in [4.78, 5) is 24.6. The molecule has 0 fully saturated rings. The van der Waals surface area contributed by atoms with Crippen LogP contribution in [0.1, 0.15) is 28.0 Å². The number of fused-ring (bicyclic) bond motifs is 1. The van der Waals surface area contributed by atoms with Crippen LogP contribution in [0.15, 0.2) is 48.9 Å². The normalized spacial score (nSPS) is 15.5. The Bertz CT molecular complexity index is 1140. The first kappa shape index (κ1) is 21.6. The first-order valence-electron chi connectivity index (χ1n) is 9.89. The van der Waals surface area contributed by atoms with Crippen LogP contribution in [0, 0.1) is 0 Å². The average Bonchev–Trinajstić information content (AvgIpc) is 2.77. The Morgan fingerprint density at radius 2 is 2.10 bits per heavy atom. The van der Waals surface area contributed by atoms with E-state index in [4.69, 9.17) is 23.2 Å². The highest BCUT2D eigenvalue weighted by atomic mass is 35.5. The molecule has 1 N–H and O–H groups in total. The summed E-state index contributed by atoms with van der Waals surface area (Å²) >= 11 is 12.8. The number of benzene rings is 1. The summed E-state index contributed by atoms with van der Waals surface area (Å²) in [7, 11) is 3.56. The fourth-order valence-electron chi connectivity index (χ4n) is 3.79. The molecule has 31 heavy (non-hydrogen) atoms. The van der Waals surface area contributed by atoms with Gasteiger partial charge in [0.1, 0.15) is 11.9 Å². The lowest BCUT2D eigenvalue weighted by Gasteiger charge is -2.32. The van der Waals surface area contributed by atoms with Gasteiger partial charge in [0.15, 0.2) is 0 Å². The van der Waals surface area contributed by atoms with Crippen LogP contribution in [0.3, 0.4) is 0 Å². The predicted molar refractivity (Wildman–Crippen MR) is 122 cm³/mol. The molecule has 4 rings (SSSR count). The van der Waals surface area contributed by atoms with Gasteiger partial charge in [-0.05, 0) is 48.2 Å². The largest absolute Gasteiger partial charge is 0.374 e. The van der Waals surface area contributed by atoms with Crippen LogP contribution in [0.4, 0.5) is 5.69 Å². The van der Waals surface area contributed by atoms with E-state index in [1.807, 2.05) is 24.1 Å². The van der Waals surface area contributed by atoms with Crippen LogP contribution in [0.2, 0.25) is 10.0 Å². The number of rotatable bonds is 4. The van der Waals surface area contributed by atoms with Crippen molar-refractivity contribution in [1.29, 1.82) is 0 Å². The Kier molecular flexibility index (Phi) is 6.14. The maximum absolute atomic E-state index is 12.7. The van der Waals surface area contributed by atoms with Gasteiger partial charge in [0, 0.05) is 56.0 Å². The van der Waals surface area contributed by atoms with Crippen molar-refractivity contribution in [2.75, 3.05) is 19.0 Å². The van der Waals surface area contributed by atoms with E-state index in [0.717, 1.165) is 34.4 Å². The van der Waals surface area contributed by atoms with E-state index in [0.29, 0.717) is 16.5 Å². The minimum absolute atomic E-state index is 0.202. The topological polar surface area (TPSA) is 69.6 Å². The molecule has 2 aromatic heterocycles. The summed E-state index contributed by atoms with van der Waals surface area (Å²) in [5.41, 5.74) is 4.85. The van der Waals surface area contributed by atoms with Gasteiger partial charge in [-0.3, -0.25) is 9.78 Å². The summed E-state index contributed by atoms with van der Waals surface area (Å²) in [5.74, 6) is -0.289. The standard InChI is InChI=1S/C23H22Cl2N4O2/c1-28(23(31)22-18(24)4-3-9-27-22)13-16-11-26-12-17(21(16)25)14-5-7-19-15(10-14)6-8-20(30)29(19)2/h3-5,7,9-12,20,30H,6,8,13H2,1-2H3.